The van der Waals surface area contributed by atoms with Crippen molar-refractivity contribution in [1.29, 1.82) is 0 Å². The molecule has 0 saturated carbocycles. The van der Waals surface area contributed by atoms with E-state index in [1.54, 1.807) is 0 Å². The van der Waals surface area contributed by atoms with E-state index in [-0.39, 0.29) is 31.1 Å². The normalized spacial score (nSPS) is 12.6. The lowest BCUT2D eigenvalue weighted by atomic mass is 10.0. The van der Waals surface area contributed by atoms with Crippen molar-refractivity contribution in [2.75, 3.05) is 13.2 Å². The third kappa shape index (κ3) is 53.7. The standard InChI is InChI=1S/C61H106O6/c1-4-7-10-13-16-19-20-21-22-23-24-25-26-27-28-29-30-31-32-33-34-35-36-37-38-39-40-41-42-43-46-48-51-54-60(63)66-57-58(67-61(64)55-52-49-45-18-15-12-9-6-3)56-65-59(62)53-50-47-44-17-14-11-8-5-2/h7,10,16,19,21-22,24-25,27-28,30-31,58H,4-6,8-9,11-15,17-18,20,23,26,29,32-57H2,1-3H3/b10-7-,19-16-,22-21-,25-24-,28-27-,31-30-. The summed E-state index contributed by atoms with van der Waals surface area (Å²) in [6, 6.07) is 0. The van der Waals surface area contributed by atoms with Gasteiger partial charge >= 0.3 is 17.9 Å². The molecule has 1 unspecified atom stereocenters. The van der Waals surface area contributed by atoms with Crippen molar-refractivity contribution in [3.8, 4) is 0 Å². The Balaban J connectivity index is 3.95. The molecule has 0 aromatic carbocycles. The number of carbonyl (C=O) groups excluding carboxylic acids is 3. The SMILES string of the molecule is CC/C=C\C/C=C\C/C=C\C/C=C\C/C=C\C/C=C\CCCCCCCCCCCCCCCCC(=O)OCC(COC(=O)CCCCCCCCCC)OC(=O)CCCCCCCCCC. The predicted octanol–water partition coefficient (Wildman–Crippen LogP) is 19.0. The largest absolute Gasteiger partial charge is 0.462 e. The Morgan fingerprint density at radius 3 is 0.910 bits per heavy atom. The summed E-state index contributed by atoms with van der Waals surface area (Å²) in [5.74, 6) is -0.874. The topological polar surface area (TPSA) is 78.9 Å². The van der Waals surface area contributed by atoms with Crippen LogP contribution in [0.15, 0.2) is 72.9 Å². The zero-order chi connectivity index (χ0) is 48.6. The van der Waals surface area contributed by atoms with Gasteiger partial charge in [0.15, 0.2) is 6.10 Å². The van der Waals surface area contributed by atoms with Gasteiger partial charge in [0, 0.05) is 19.3 Å². The average Bonchev–Trinajstić information content (AvgIpc) is 3.33. The lowest BCUT2D eigenvalue weighted by Crippen LogP contribution is -2.30. The summed E-state index contributed by atoms with van der Waals surface area (Å²) in [5.41, 5.74) is 0. The number of carbonyl (C=O) groups is 3. The molecule has 0 spiro atoms. The van der Waals surface area contributed by atoms with Gasteiger partial charge in [-0.1, -0.05) is 261 Å². The average molecular weight is 936 g/mol. The highest BCUT2D eigenvalue weighted by Gasteiger charge is 2.19. The van der Waals surface area contributed by atoms with Crippen molar-refractivity contribution >= 4 is 17.9 Å². The number of unbranched alkanes of at least 4 members (excludes halogenated alkanes) is 28. The first-order chi connectivity index (χ1) is 33.0. The summed E-state index contributed by atoms with van der Waals surface area (Å²) >= 11 is 0. The van der Waals surface area contributed by atoms with Crippen molar-refractivity contribution in [3.05, 3.63) is 72.9 Å². The fourth-order valence-corrected chi connectivity index (χ4v) is 7.98. The molecule has 67 heavy (non-hydrogen) atoms. The van der Waals surface area contributed by atoms with Gasteiger partial charge < -0.3 is 14.2 Å². The second kappa shape index (κ2) is 55.4. The van der Waals surface area contributed by atoms with Crippen molar-refractivity contribution < 1.29 is 28.6 Å². The fraction of sp³-hybridized carbons (Fsp3) is 0.754. The molecule has 0 aliphatic carbocycles. The van der Waals surface area contributed by atoms with Crippen LogP contribution in [0, 0.1) is 0 Å². The minimum atomic E-state index is -0.766. The molecule has 0 amide bonds. The van der Waals surface area contributed by atoms with Crippen molar-refractivity contribution in [2.45, 2.75) is 284 Å². The maximum atomic E-state index is 12.7. The molecule has 6 nitrogen and oxygen atoms in total. The molecule has 0 aromatic heterocycles. The van der Waals surface area contributed by atoms with Gasteiger partial charge in [0.05, 0.1) is 0 Å². The van der Waals surface area contributed by atoms with Crippen LogP contribution in [0.5, 0.6) is 0 Å². The molecule has 0 aromatic rings. The van der Waals surface area contributed by atoms with Crippen LogP contribution in [0.1, 0.15) is 278 Å². The fourth-order valence-electron chi connectivity index (χ4n) is 7.98. The number of hydrogen-bond acceptors (Lipinski definition) is 6. The third-order valence-electron chi connectivity index (χ3n) is 12.2. The van der Waals surface area contributed by atoms with Gasteiger partial charge in [0.1, 0.15) is 13.2 Å². The van der Waals surface area contributed by atoms with Crippen LogP contribution in [0.2, 0.25) is 0 Å². The Labute approximate surface area is 414 Å². The Bertz CT molecular complexity index is 1260. The van der Waals surface area contributed by atoms with Crippen LogP contribution in [-0.2, 0) is 28.6 Å². The van der Waals surface area contributed by atoms with E-state index in [1.807, 2.05) is 0 Å². The van der Waals surface area contributed by atoms with Gasteiger partial charge in [-0.05, 0) is 70.6 Å². The minimum Gasteiger partial charge on any atom is -0.462 e. The minimum absolute atomic E-state index is 0.0708. The van der Waals surface area contributed by atoms with E-state index in [4.69, 9.17) is 14.2 Å². The van der Waals surface area contributed by atoms with E-state index in [0.717, 1.165) is 96.3 Å². The van der Waals surface area contributed by atoms with Crippen LogP contribution in [-0.4, -0.2) is 37.2 Å². The van der Waals surface area contributed by atoms with Crippen molar-refractivity contribution in [2.24, 2.45) is 0 Å². The molecule has 6 heteroatoms. The molecule has 0 heterocycles. The summed E-state index contributed by atoms with van der Waals surface area (Å²) in [5, 5.41) is 0. The van der Waals surface area contributed by atoms with Crippen LogP contribution >= 0.6 is 0 Å². The summed E-state index contributed by atoms with van der Waals surface area (Å²) in [6.07, 6.45) is 70.8. The van der Waals surface area contributed by atoms with Gasteiger partial charge in [-0.3, -0.25) is 14.4 Å². The maximum Gasteiger partial charge on any atom is 0.306 e. The van der Waals surface area contributed by atoms with Gasteiger partial charge in [-0.15, -0.1) is 0 Å². The first-order valence-corrected chi connectivity index (χ1v) is 28.4. The molecule has 0 N–H and O–H groups in total. The van der Waals surface area contributed by atoms with Gasteiger partial charge in [-0.25, -0.2) is 0 Å². The van der Waals surface area contributed by atoms with E-state index < -0.39 is 6.10 Å². The lowest BCUT2D eigenvalue weighted by molar-refractivity contribution is -0.167. The smallest absolute Gasteiger partial charge is 0.306 e. The molecule has 0 aliphatic heterocycles. The first-order valence-electron chi connectivity index (χ1n) is 28.4. The predicted molar refractivity (Wildman–Crippen MR) is 288 cm³/mol. The molecule has 0 fully saturated rings. The van der Waals surface area contributed by atoms with E-state index in [1.165, 1.54) is 141 Å². The monoisotopic (exact) mass is 935 g/mol. The molecular formula is C61H106O6. The number of hydrogen-bond donors (Lipinski definition) is 0. The zero-order valence-electron chi connectivity index (χ0n) is 44.2. The second-order valence-electron chi connectivity index (χ2n) is 18.8. The van der Waals surface area contributed by atoms with E-state index in [9.17, 15) is 14.4 Å². The van der Waals surface area contributed by atoms with Gasteiger partial charge in [0.25, 0.3) is 0 Å². The molecule has 0 aliphatic rings. The van der Waals surface area contributed by atoms with Crippen LogP contribution in [0.3, 0.4) is 0 Å². The lowest BCUT2D eigenvalue weighted by Gasteiger charge is -2.18. The number of rotatable bonds is 51. The second-order valence-corrected chi connectivity index (χ2v) is 18.8. The first kappa shape index (κ1) is 63.8. The summed E-state index contributed by atoms with van der Waals surface area (Å²) < 4.78 is 16.7. The van der Waals surface area contributed by atoms with Crippen molar-refractivity contribution in [1.82, 2.24) is 0 Å². The van der Waals surface area contributed by atoms with Crippen LogP contribution < -0.4 is 0 Å². The molecule has 0 bridgehead atoms. The van der Waals surface area contributed by atoms with E-state index in [2.05, 4.69) is 93.7 Å². The van der Waals surface area contributed by atoms with Crippen LogP contribution in [0.4, 0.5) is 0 Å². The molecule has 0 saturated heterocycles. The number of esters is 3. The Morgan fingerprint density at radius 2 is 0.582 bits per heavy atom. The Morgan fingerprint density at radius 1 is 0.313 bits per heavy atom. The molecular weight excluding hydrogens is 829 g/mol. The number of allylic oxidation sites excluding steroid dienone is 12. The number of ether oxygens (including phenoxy) is 3. The highest BCUT2D eigenvalue weighted by molar-refractivity contribution is 5.71. The summed E-state index contributed by atoms with van der Waals surface area (Å²) in [4.78, 5) is 37.7. The molecule has 1 atom stereocenters. The van der Waals surface area contributed by atoms with E-state index in [0.29, 0.717) is 19.3 Å². The highest BCUT2D eigenvalue weighted by Crippen LogP contribution is 2.16. The zero-order valence-corrected chi connectivity index (χ0v) is 44.2. The maximum absolute atomic E-state index is 12.7. The summed E-state index contributed by atoms with van der Waals surface area (Å²) in [6.45, 7) is 6.47. The van der Waals surface area contributed by atoms with Gasteiger partial charge in [-0.2, -0.15) is 0 Å². The molecule has 386 valence electrons. The Hall–Kier alpha value is -3.15. The summed E-state index contributed by atoms with van der Waals surface area (Å²) in [7, 11) is 0. The Kier molecular flexibility index (Phi) is 52.8. The third-order valence-corrected chi connectivity index (χ3v) is 12.2. The van der Waals surface area contributed by atoms with Gasteiger partial charge in [0.2, 0.25) is 0 Å². The highest BCUT2D eigenvalue weighted by atomic mass is 16.6. The van der Waals surface area contributed by atoms with Crippen LogP contribution in [0.25, 0.3) is 0 Å². The quantitative estimate of drug-likeness (QED) is 0.0262. The molecule has 0 radical (unpaired) electrons. The van der Waals surface area contributed by atoms with Crippen molar-refractivity contribution in [3.63, 3.8) is 0 Å². The van der Waals surface area contributed by atoms with E-state index >= 15 is 0 Å². The molecule has 0 rings (SSSR count).